The van der Waals surface area contributed by atoms with Crippen molar-refractivity contribution in [1.29, 1.82) is 0 Å². The van der Waals surface area contributed by atoms with Crippen LogP contribution in [0.5, 0.6) is 5.75 Å². The molecule has 128 valence electrons. The quantitative estimate of drug-likeness (QED) is 0.905. The van der Waals surface area contributed by atoms with E-state index >= 15 is 0 Å². The van der Waals surface area contributed by atoms with Gasteiger partial charge in [-0.3, -0.25) is 9.89 Å². The number of amides is 1. The number of aromatic nitrogens is 2. The fourth-order valence-corrected chi connectivity index (χ4v) is 3.02. The molecule has 0 unspecified atom stereocenters. The van der Waals surface area contributed by atoms with Crippen molar-refractivity contribution in [3.63, 3.8) is 0 Å². The number of hydrogen-bond donors (Lipinski definition) is 2. The summed E-state index contributed by atoms with van der Waals surface area (Å²) >= 11 is 0. The molecule has 1 aliphatic rings. The van der Waals surface area contributed by atoms with Gasteiger partial charge in [0.05, 0.1) is 7.11 Å². The van der Waals surface area contributed by atoms with Crippen molar-refractivity contribution in [1.82, 2.24) is 15.1 Å². The third-order valence-corrected chi connectivity index (χ3v) is 4.68. The second-order valence-electron chi connectivity index (χ2n) is 6.26. The van der Waals surface area contributed by atoms with Crippen LogP contribution in [0.25, 0.3) is 0 Å². The molecule has 1 amide bonds. The maximum Gasteiger partial charge on any atom is 0.274 e. The summed E-state index contributed by atoms with van der Waals surface area (Å²) in [5, 5.41) is 10.6. The minimum Gasteiger partial charge on any atom is -0.497 e. The molecule has 0 atom stereocenters. The van der Waals surface area contributed by atoms with E-state index in [0.717, 1.165) is 48.6 Å². The van der Waals surface area contributed by atoms with E-state index in [2.05, 4.69) is 15.5 Å². The summed E-state index contributed by atoms with van der Waals surface area (Å²) in [6.07, 6.45) is 1.84. The highest BCUT2D eigenvalue weighted by Gasteiger charge is 2.26. The molecule has 1 fully saturated rings. The van der Waals surface area contributed by atoms with Crippen molar-refractivity contribution in [2.75, 3.05) is 25.5 Å². The number of hydrogen-bond acceptors (Lipinski definition) is 4. The van der Waals surface area contributed by atoms with Crippen LogP contribution in [-0.4, -0.2) is 47.2 Å². The Morgan fingerprint density at radius 1 is 1.33 bits per heavy atom. The van der Waals surface area contributed by atoms with Crippen molar-refractivity contribution in [2.45, 2.75) is 32.7 Å². The number of anilines is 1. The zero-order chi connectivity index (χ0) is 17.1. The van der Waals surface area contributed by atoms with Gasteiger partial charge in [0.1, 0.15) is 5.75 Å². The Labute approximate surface area is 142 Å². The SMILES string of the molecule is COc1cccc(NC2CCN(C(=O)c3n[nH]c(C)c3C)CC2)c1. The van der Waals surface area contributed by atoms with Crippen LogP contribution < -0.4 is 10.1 Å². The summed E-state index contributed by atoms with van der Waals surface area (Å²) in [6, 6.07) is 8.30. The van der Waals surface area contributed by atoms with Gasteiger partial charge in [-0.15, -0.1) is 0 Å². The number of piperidine rings is 1. The standard InChI is InChI=1S/C18H24N4O2/c1-12-13(2)20-21-17(12)18(23)22-9-7-14(8-10-22)19-15-5-4-6-16(11-15)24-3/h4-6,11,14,19H,7-10H2,1-3H3,(H,20,21). The first kappa shape index (κ1) is 16.4. The summed E-state index contributed by atoms with van der Waals surface area (Å²) in [7, 11) is 1.67. The average Bonchev–Trinajstić information content (AvgIpc) is 2.94. The Kier molecular flexibility index (Phi) is 4.74. The molecule has 0 radical (unpaired) electrons. The zero-order valence-corrected chi connectivity index (χ0v) is 14.4. The van der Waals surface area contributed by atoms with E-state index in [0.29, 0.717) is 11.7 Å². The summed E-state index contributed by atoms with van der Waals surface area (Å²) in [6.45, 7) is 5.35. The van der Waals surface area contributed by atoms with Gasteiger partial charge >= 0.3 is 0 Å². The number of nitrogens with zero attached hydrogens (tertiary/aromatic N) is 2. The third kappa shape index (κ3) is 3.37. The van der Waals surface area contributed by atoms with Crippen LogP contribution in [0.3, 0.4) is 0 Å². The molecule has 0 spiro atoms. The van der Waals surface area contributed by atoms with Crippen molar-refractivity contribution in [2.24, 2.45) is 0 Å². The third-order valence-electron chi connectivity index (χ3n) is 4.68. The summed E-state index contributed by atoms with van der Waals surface area (Å²) < 4.78 is 5.25. The molecule has 6 heteroatoms. The Bertz CT molecular complexity index is 718. The van der Waals surface area contributed by atoms with Gasteiger partial charge in [-0.1, -0.05) is 6.07 Å². The lowest BCUT2D eigenvalue weighted by Crippen LogP contribution is -2.42. The minimum atomic E-state index is 0.0247. The second kappa shape index (κ2) is 6.95. The van der Waals surface area contributed by atoms with E-state index < -0.39 is 0 Å². The first-order valence-electron chi connectivity index (χ1n) is 8.30. The molecule has 0 aliphatic carbocycles. The summed E-state index contributed by atoms with van der Waals surface area (Å²) in [5.41, 5.74) is 3.49. The number of nitrogens with one attached hydrogen (secondary N) is 2. The fourth-order valence-electron chi connectivity index (χ4n) is 3.02. The van der Waals surface area contributed by atoms with Gasteiger partial charge in [0, 0.05) is 42.1 Å². The molecule has 1 saturated heterocycles. The highest BCUT2D eigenvalue weighted by molar-refractivity contribution is 5.94. The van der Waals surface area contributed by atoms with E-state index in [1.165, 1.54) is 0 Å². The van der Waals surface area contributed by atoms with Crippen LogP contribution in [0.4, 0.5) is 5.69 Å². The topological polar surface area (TPSA) is 70.2 Å². The van der Waals surface area contributed by atoms with Crippen molar-refractivity contribution < 1.29 is 9.53 Å². The Balaban J connectivity index is 1.57. The van der Waals surface area contributed by atoms with E-state index in [1.54, 1.807) is 7.11 Å². The number of methoxy groups -OCH3 is 1. The number of carbonyl (C=O) groups is 1. The fraction of sp³-hybridized carbons (Fsp3) is 0.444. The van der Waals surface area contributed by atoms with Crippen LogP contribution in [0.1, 0.15) is 34.6 Å². The molecule has 2 N–H and O–H groups in total. The number of carbonyl (C=O) groups excluding carboxylic acids is 1. The van der Waals surface area contributed by atoms with Gasteiger partial charge in [-0.05, 0) is 38.8 Å². The smallest absolute Gasteiger partial charge is 0.274 e. The molecule has 2 heterocycles. The lowest BCUT2D eigenvalue weighted by Gasteiger charge is -2.32. The summed E-state index contributed by atoms with van der Waals surface area (Å²) in [5.74, 6) is 0.869. The molecule has 24 heavy (non-hydrogen) atoms. The molecule has 3 rings (SSSR count). The number of likely N-dealkylation sites (tertiary alicyclic amines) is 1. The van der Waals surface area contributed by atoms with E-state index in [4.69, 9.17) is 4.74 Å². The lowest BCUT2D eigenvalue weighted by molar-refractivity contribution is 0.0711. The molecular weight excluding hydrogens is 304 g/mol. The van der Waals surface area contributed by atoms with Crippen molar-refractivity contribution in [3.8, 4) is 5.75 Å². The van der Waals surface area contributed by atoms with E-state index in [1.807, 2.05) is 43.0 Å². The number of aryl methyl sites for hydroxylation is 1. The van der Waals surface area contributed by atoms with Gasteiger partial charge < -0.3 is 15.0 Å². The van der Waals surface area contributed by atoms with Gasteiger partial charge in [0.2, 0.25) is 0 Å². The Morgan fingerprint density at radius 3 is 2.71 bits per heavy atom. The largest absolute Gasteiger partial charge is 0.497 e. The first-order valence-corrected chi connectivity index (χ1v) is 8.30. The molecule has 0 bridgehead atoms. The van der Waals surface area contributed by atoms with Crippen LogP contribution >= 0.6 is 0 Å². The van der Waals surface area contributed by atoms with Gasteiger partial charge in [-0.2, -0.15) is 5.10 Å². The van der Waals surface area contributed by atoms with Gasteiger partial charge in [0.15, 0.2) is 5.69 Å². The van der Waals surface area contributed by atoms with Crippen molar-refractivity contribution >= 4 is 11.6 Å². The number of ether oxygens (including phenoxy) is 1. The predicted molar refractivity (Wildman–Crippen MR) is 93.6 cm³/mol. The molecule has 0 saturated carbocycles. The number of H-pyrrole nitrogens is 1. The molecule has 1 aromatic carbocycles. The maximum atomic E-state index is 12.6. The van der Waals surface area contributed by atoms with Gasteiger partial charge in [-0.25, -0.2) is 0 Å². The highest BCUT2D eigenvalue weighted by atomic mass is 16.5. The summed E-state index contributed by atoms with van der Waals surface area (Å²) in [4.78, 5) is 14.5. The molecule has 6 nitrogen and oxygen atoms in total. The highest BCUT2D eigenvalue weighted by Crippen LogP contribution is 2.22. The Morgan fingerprint density at radius 2 is 2.08 bits per heavy atom. The predicted octanol–water partition coefficient (Wildman–Crippen LogP) is 2.75. The average molecular weight is 328 g/mol. The van der Waals surface area contributed by atoms with Crippen molar-refractivity contribution in [3.05, 3.63) is 41.2 Å². The van der Waals surface area contributed by atoms with Crippen LogP contribution in [-0.2, 0) is 0 Å². The maximum absolute atomic E-state index is 12.6. The molecule has 2 aromatic rings. The number of rotatable bonds is 4. The van der Waals surface area contributed by atoms with Gasteiger partial charge in [0.25, 0.3) is 5.91 Å². The first-order chi connectivity index (χ1) is 11.6. The molecule has 1 aromatic heterocycles. The number of benzene rings is 1. The normalized spacial score (nSPS) is 15.4. The van der Waals surface area contributed by atoms with Crippen LogP contribution in [0, 0.1) is 13.8 Å². The van der Waals surface area contributed by atoms with E-state index in [-0.39, 0.29) is 5.91 Å². The zero-order valence-electron chi connectivity index (χ0n) is 14.4. The monoisotopic (exact) mass is 328 g/mol. The minimum absolute atomic E-state index is 0.0247. The number of aromatic amines is 1. The van der Waals surface area contributed by atoms with Crippen LogP contribution in [0.2, 0.25) is 0 Å². The molecular formula is C18H24N4O2. The Hall–Kier alpha value is -2.50. The van der Waals surface area contributed by atoms with Crippen LogP contribution in [0.15, 0.2) is 24.3 Å². The second-order valence-corrected chi connectivity index (χ2v) is 6.26. The van der Waals surface area contributed by atoms with E-state index in [9.17, 15) is 4.79 Å². The molecule has 1 aliphatic heterocycles. The lowest BCUT2D eigenvalue weighted by atomic mass is 10.0.